The van der Waals surface area contributed by atoms with Gasteiger partial charge in [0, 0.05) is 17.4 Å². The third-order valence-electron chi connectivity index (χ3n) is 2.26. The molecule has 0 spiro atoms. The highest BCUT2D eigenvalue weighted by molar-refractivity contribution is 6.36. The molecule has 0 aliphatic heterocycles. The number of halogens is 2. The van der Waals surface area contributed by atoms with Gasteiger partial charge in [-0.15, -0.1) is 0 Å². The molecule has 0 saturated heterocycles. The van der Waals surface area contributed by atoms with E-state index in [-0.39, 0.29) is 5.02 Å². The van der Waals surface area contributed by atoms with E-state index in [9.17, 15) is 4.79 Å². The first kappa shape index (κ1) is 13.5. The molecule has 0 bridgehead atoms. The Morgan fingerprint density at radius 2 is 1.95 bits per heavy atom. The van der Waals surface area contributed by atoms with E-state index in [1.165, 1.54) is 12.3 Å². The van der Waals surface area contributed by atoms with E-state index in [1.54, 1.807) is 36.7 Å². The number of amides is 1. The second kappa shape index (κ2) is 6.31. The Hall–Kier alpha value is -1.91. The number of carbonyl (C=O) groups is 1. The lowest BCUT2D eigenvalue weighted by Gasteiger charge is -2.02. The Morgan fingerprint density at radius 1 is 1.21 bits per heavy atom. The van der Waals surface area contributed by atoms with Gasteiger partial charge in [0.25, 0.3) is 5.91 Å². The highest BCUT2D eigenvalue weighted by atomic mass is 35.5. The quantitative estimate of drug-likeness (QED) is 0.698. The maximum absolute atomic E-state index is 11.8. The van der Waals surface area contributed by atoms with Crippen LogP contribution in [0.2, 0.25) is 10.0 Å². The second-order valence-electron chi connectivity index (χ2n) is 3.60. The van der Waals surface area contributed by atoms with Crippen molar-refractivity contribution in [2.75, 3.05) is 0 Å². The van der Waals surface area contributed by atoms with Crippen LogP contribution in [0, 0.1) is 0 Å². The third kappa shape index (κ3) is 3.77. The molecule has 1 aromatic carbocycles. The Morgan fingerprint density at radius 3 is 2.63 bits per heavy atom. The first-order valence-electron chi connectivity index (χ1n) is 5.35. The van der Waals surface area contributed by atoms with Gasteiger partial charge < -0.3 is 0 Å². The molecule has 1 amide bonds. The lowest BCUT2D eigenvalue weighted by Crippen LogP contribution is -2.18. The first-order chi connectivity index (χ1) is 9.16. The zero-order valence-electron chi connectivity index (χ0n) is 9.68. The minimum Gasteiger partial charge on any atom is -0.267 e. The predicted molar refractivity (Wildman–Crippen MR) is 75.8 cm³/mol. The molecule has 0 aliphatic rings. The number of hydrogen-bond donors (Lipinski definition) is 1. The monoisotopic (exact) mass is 293 g/mol. The van der Waals surface area contributed by atoms with Gasteiger partial charge in [0.15, 0.2) is 0 Å². The van der Waals surface area contributed by atoms with E-state index in [1.807, 2.05) is 0 Å². The minimum absolute atomic E-state index is 0.282. The zero-order valence-corrected chi connectivity index (χ0v) is 11.2. The topological polar surface area (TPSA) is 54.4 Å². The average Bonchev–Trinajstić information content (AvgIpc) is 2.39. The maximum atomic E-state index is 11.8. The van der Waals surface area contributed by atoms with Gasteiger partial charge in [-0.05, 0) is 35.9 Å². The SMILES string of the molecule is O=C(N/N=C/c1ccncc1)c1ccc(Cl)cc1Cl. The van der Waals surface area contributed by atoms with Gasteiger partial charge in [0.1, 0.15) is 0 Å². The molecular weight excluding hydrogens is 285 g/mol. The fourth-order valence-electron chi connectivity index (χ4n) is 1.35. The van der Waals surface area contributed by atoms with E-state index in [0.29, 0.717) is 10.6 Å². The number of nitrogens with one attached hydrogen (secondary N) is 1. The molecule has 2 rings (SSSR count). The van der Waals surface area contributed by atoms with Crippen LogP contribution in [0.3, 0.4) is 0 Å². The zero-order chi connectivity index (χ0) is 13.7. The van der Waals surface area contributed by atoms with E-state index >= 15 is 0 Å². The first-order valence-corrected chi connectivity index (χ1v) is 6.11. The summed E-state index contributed by atoms with van der Waals surface area (Å²) in [7, 11) is 0. The number of rotatable bonds is 3. The number of carbonyl (C=O) groups excluding carboxylic acids is 1. The van der Waals surface area contributed by atoms with Crippen molar-refractivity contribution < 1.29 is 4.79 Å². The van der Waals surface area contributed by atoms with Crippen molar-refractivity contribution in [1.82, 2.24) is 10.4 Å². The molecule has 4 nitrogen and oxygen atoms in total. The van der Waals surface area contributed by atoms with Gasteiger partial charge in [0.2, 0.25) is 0 Å². The van der Waals surface area contributed by atoms with Crippen molar-refractivity contribution in [2.24, 2.45) is 5.10 Å². The molecule has 0 saturated carbocycles. The Labute approximate surface area is 120 Å². The van der Waals surface area contributed by atoms with Gasteiger partial charge in [-0.1, -0.05) is 23.2 Å². The van der Waals surface area contributed by atoms with Crippen molar-refractivity contribution >= 4 is 35.3 Å². The molecule has 6 heteroatoms. The smallest absolute Gasteiger partial charge is 0.267 e. The van der Waals surface area contributed by atoms with Crippen molar-refractivity contribution in [1.29, 1.82) is 0 Å². The van der Waals surface area contributed by atoms with Gasteiger partial charge in [-0.25, -0.2) is 5.43 Å². The van der Waals surface area contributed by atoms with E-state index in [0.717, 1.165) is 5.56 Å². The maximum Gasteiger partial charge on any atom is 0.272 e. The van der Waals surface area contributed by atoms with Crippen molar-refractivity contribution in [3.63, 3.8) is 0 Å². The van der Waals surface area contributed by atoms with Gasteiger partial charge in [-0.2, -0.15) is 5.10 Å². The molecule has 1 aromatic heterocycles. The van der Waals surface area contributed by atoms with Crippen LogP contribution in [0.15, 0.2) is 47.8 Å². The van der Waals surface area contributed by atoms with Crippen molar-refractivity contribution in [3.05, 3.63) is 63.9 Å². The number of nitrogens with zero attached hydrogens (tertiary/aromatic N) is 2. The molecular formula is C13H9Cl2N3O. The Balaban J connectivity index is 2.04. The standard InChI is InChI=1S/C13H9Cl2N3O/c14-10-1-2-11(12(15)7-10)13(19)18-17-8-9-3-5-16-6-4-9/h1-8H,(H,18,19)/b17-8+. The molecule has 0 atom stereocenters. The predicted octanol–water partition coefficient (Wildman–Crippen LogP) is 3.15. The molecule has 0 aliphatic carbocycles. The van der Waals surface area contributed by atoms with Gasteiger partial charge >= 0.3 is 0 Å². The molecule has 1 heterocycles. The molecule has 0 fully saturated rings. The van der Waals surface area contributed by atoms with Crippen LogP contribution in [0.4, 0.5) is 0 Å². The Bertz CT molecular complexity index is 615. The lowest BCUT2D eigenvalue weighted by atomic mass is 10.2. The van der Waals surface area contributed by atoms with Crippen molar-refractivity contribution in [3.8, 4) is 0 Å². The van der Waals surface area contributed by atoms with E-state index < -0.39 is 5.91 Å². The number of hydrogen-bond acceptors (Lipinski definition) is 3. The average molecular weight is 294 g/mol. The van der Waals surface area contributed by atoms with Crippen LogP contribution in [0.25, 0.3) is 0 Å². The van der Waals surface area contributed by atoms with Crippen LogP contribution in [0.5, 0.6) is 0 Å². The largest absolute Gasteiger partial charge is 0.272 e. The molecule has 0 unspecified atom stereocenters. The summed E-state index contributed by atoms with van der Waals surface area (Å²) in [6.07, 6.45) is 4.79. The van der Waals surface area contributed by atoms with E-state index in [2.05, 4.69) is 15.5 Å². The normalized spacial score (nSPS) is 10.6. The van der Waals surface area contributed by atoms with Crippen LogP contribution in [-0.2, 0) is 0 Å². The summed E-state index contributed by atoms with van der Waals surface area (Å²) in [4.78, 5) is 15.7. The summed E-state index contributed by atoms with van der Waals surface area (Å²) in [5.41, 5.74) is 3.54. The summed E-state index contributed by atoms with van der Waals surface area (Å²) in [5.74, 6) is -0.396. The second-order valence-corrected chi connectivity index (χ2v) is 4.45. The highest BCUT2D eigenvalue weighted by Crippen LogP contribution is 2.20. The number of benzene rings is 1. The summed E-state index contributed by atoms with van der Waals surface area (Å²) >= 11 is 11.7. The molecule has 19 heavy (non-hydrogen) atoms. The molecule has 2 aromatic rings. The molecule has 96 valence electrons. The summed E-state index contributed by atoms with van der Waals surface area (Å²) in [6.45, 7) is 0. The lowest BCUT2D eigenvalue weighted by molar-refractivity contribution is 0.0955. The van der Waals surface area contributed by atoms with Crippen LogP contribution < -0.4 is 5.43 Å². The Kier molecular flexibility index (Phi) is 4.49. The van der Waals surface area contributed by atoms with Crippen LogP contribution >= 0.6 is 23.2 Å². The highest BCUT2D eigenvalue weighted by Gasteiger charge is 2.09. The summed E-state index contributed by atoms with van der Waals surface area (Å²) in [6, 6.07) is 8.18. The third-order valence-corrected chi connectivity index (χ3v) is 2.81. The minimum atomic E-state index is -0.396. The van der Waals surface area contributed by atoms with E-state index in [4.69, 9.17) is 23.2 Å². The van der Waals surface area contributed by atoms with Crippen LogP contribution in [0.1, 0.15) is 15.9 Å². The van der Waals surface area contributed by atoms with Crippen molar-refractivity contribution in [2.45, 2.75) is 0 Å². The fourth-order valence-corrected chi connectivity index (χ4v) is 1.84. The van der Waals surface area contributed by atoms with Gasteiger partial charge in [0.05, 0.1) is 16.8 Å². The summed E-state index contributed by atoms with van der Waals surface area (Å²) < 4.78 is 0. The van der Waals surface area contributed by atoms with Gasteiger partial charge in [-0.3, -0.25) is 9.78 Å². The molecule has 1 N–H and O–H groups in total. The fraction of sp³-hybridized carbons (Fsp3) is 0. The molecule has 0 radical (unpaired) electrons. The number of hydrazone groups is 1. The number of aromatic nitrogens is 1. The van der Waals surface area contributed by atoms with Crippen LogP contribution in [-0.4, -0.2) is 17.1 Å². The summed E-state index contributed by atoms with van der Waals surface area (Å²) in [5, 5.41) is 4.59. The number of pyridine rings is 1.